The van der Waals surface area contributed by atoms with E-state index in [0.29, 0.717) is 17.8 Å². The van der Waals surface area contributed by atoms with E-state index in [1.165, 1.54) is 0 Å². The first kappa shape index (κ1) is 10.8. The number of nitrogens with zero attached hydrogens (tertiary/aromatic N) is 1. The highest BCUT2D eigenvalue weighted by atomic mass is 16.3. The maximum atomic E-state index is 11.7. The van der Waals surface area contributed by atoms with Crippen LogP contribution in [0.1, 0.15) is 10.5 Å². The van der Waals surface area contributed by atoms with Gasteiger partial charge in [0.25, 0.3) is 5.91 Å². The Bertz CT molecular complexity index is 456. The molecule has 0 aliphatic heterocycles. The Morgan fingerprint density at radius 1 is 1.56 bits per heavy atom. The van der Waals surface area contributed by atoms with Gasteiger partial charge in [-0.15, -0.1) is 0 Å². The van der Waals surface area contributed by atoms with Crippen LogP contribution >= 0.6 is 0 Å². The molecule has 5 nitrogen and oxygen atoms in total. The van der Waals surface area contributed by atoms with Crippen LogP contribution in [-0.4, -0.2) is 43.0 Å². The molecule has 0 spiro atoms. The van der Waals surface area contributed by atoms with E-state index < -0.39 is 0 Å². The van der Waals surface area contributed by atoms with Crippen LogP contribution in [0.5, 0.6) is 0 Å². The molecule has 0 aliphatic carbocycles. The van der Waals surface area contributed by atoms with Crippen molar-refractivity contribution in [3.63, 3.8) is 0 Å². The first-order valence-electron chi connectivity index (χ1n) is 5.16. The lowest BCUT2D eigenvalue weighted by Gasteiger charge is -2.09. The normalized spacial score (nSPS) is 11.2. The van der Waals surface area contributed by atoms with Gasteiger partial charge in [-0.05, 0) is 14.1 Å². The summed E-state index contributed by atoms with van der Waals surface area (Å²) < 4.78 is 5.17. The van der Waals surface area contributed by atoms with Gasteiger partial charge in [0.2, 0.25) is 0 Å². The van der Waals surface area contributed by atoms with Crippen molar-refractivity contribution in [1.29, 1.82) is 0 Å². The summed E-state index contributed by atoms with van der Waals surface area (Å²) in [4.78, 5) is 16.7. The predicted octanol–water partition coefficient (Wildman–Crippen LogP) is 1.05. The number of hydrogen-bond acceptors (Lipinski definition) is 3. The number of likely N-dealkylation sites (N-methyl/N-ethyl adjacent to an activating group) is 1. The molecule has 0 bridgehead atoms. The van der Waals surface area contributed by atoms with Gasteiger partial charge < -0.3 is 19.6 Å². The SMILES string of the molecule is CN(C)CCNC(=O)c1cc2occc2[nH]1. The van der Waals surface area contributed by atoms with E-state index in [1.54, 1.807) is 18.4 Å². The van der Waals surface area contributed by atoms with Crippen LogP contribution in [0.4, 0.5) is 0 Å². The molecule has 2 N–H and O–H groups in total. The van der Waals surface area contributed by atoms with E-state index in [9.17, 15) is 4.79 Å². The van der Waals surface area contributed by atoms with E-state index in [-0.39, 0.29) is 5.91 Å². The van der Waals surface area contributed by atoms with Gasteiger partial charge in [-0.2, -0.15) is 0 Å². The number of carbonyl (C=O) groups excluding carboxylic acids is 1. The molecule has 0 fully saturated rings. The number of furan rings is 1. The third-order valence-electron chi connectivity index (χ3n) is 2.33. The summed E-state index contributed by atoms with van der Waals surface area (Å²) in [6.07, 6.45) is 1.59. The average Bonchev–Trinajstić information content (AvgIpc) is 2.75. The van der Waals surface area contributed by atoms with Gasteiger partial charge in [-0.25, -0.2) is 0 Å². The minimum Gasteiger partial charge on any atom is -0.463 e. The summed E-state index contributed by atoms with van der Waals surface area (Å²) >= 11 is 0. The second kappa shape index (κ2) is 4.40. The van der Waals surface area contributed by atoms with Gasteiger partial charge in [0.05, 0.1) is 11.8 Å². The molecular formula is C11H15N3O2. The van der Waals surface area contributed by atoms with Gasteiger partial charge in [-0.3, -0.25) is 4.79 Å². The third kappa shape index (κ3) is 2.25. The van der Waals surface area contributed by atoms with Crippen molar-refractivity contribution in [2.24, 2.45) is 0 Å². The molecule has 2 aromatic heterocycles. The summed E-state index contributed by atoms with van der Waals surface area (Å²) in [5, 5.41) is 2.83. The molecule has 0 saturated carbocycles. The molecule has 0 unspecified atom stereocenters. The van der Waals surface area contributed by atoms with Gasteiger partial charge in [-0.1, -0.05) is 0 Å². The predicted molar refractivity (Wildman–Crippen MR) is 61.5 cm³/mol. The molecule has 16 heavy (non-hydrogen) atoms. The van der Waals surface area contributed by atoms with Crippen molar-refractivity contribution >= 4 is 17.0 Å². The zero-order valence-corrected chi connectivity index (χ0v) is 9.41. The third-order valence-corrected chi connectivity index (χ3v) is 2.33. The van der Waals surface area contributed by atoms with Crippen molar-refractivity contribution in [3.8, 4) is 0 Å². The lowest BCUT2D eigenvalue weighted by Crippen LogP contribution is -2.31. The highest BCUT2D eigenvalue weighted by Gasteiger charge is 2.10. The Kier molecular flexibility index (Phi) is 2.96. The van der Waals surface area contributed by atoms with E-state index in [4.69, 9.17) is 4.42 Å². The van der Waals surface area contributed by atoms with Crippen LogP contribution in [0.3, 0.4) is 0 Å². The average molecular weight is 221 g/mol. The Hall–Kier alpha value is -1.75. The number of aromatic amines is 1. The maximum absolute atomic E-state index is 11.7. The first-order chi connectivity index (χ1) is 7.66. The second-order valence-corrected chi connectivity index (χ2v) is 3.94. The molecule has 2 heterocycles. The minimum atomic E-state index is -0.103. The fourth-order valence-corrected chi connectivity index (χ4v) is 1.46. The topological polar surface area (TPSA) is 61.3 Å². The number of rotatable bonds is 4. The first-order valence-corrected chi connectivity index (χ1v) is 5.16. The zero-order valence-electron chi connectivity index (χ0n) is 9.41. The van der Waals surface area contributed by atoms with E-state index in [0.717, 1.165) is 12.1 Å². The molecule has 0 saturated heterocycles. The standard InChI is InChI=1S/C11H15N3O2/c1-14(2)5-4-12-11(15)9-7-10-8(13-9)3-6-16-10/h3,6-7,13H,4-5H2,1-2H3,(H,12,15). The Balaban J connectivity index is 1.97. The van der Waals surface area contributed by atoms with Crippen LogP contribution < -0.4 is 5.32 Å². The van der Waals surface area contributed by atoms with Gasteiger partial charge in [0, 0.05) is 25.2 Å². The molecule has 5 heteroatoms. The van der Waals surface area contributed by atoms with E-state index >= 15 is 0 Å². The highest BCUT2D eigenvalue weighted by molar-refractivity contribution is 5.96. The van der Waals surface area contributed by atoms with Crippen LogP contribution in [0.2, 0.25) is 0 Å². The molecule has 0 aromatic carbocycles. The molecule has 1 amide bonds. The van der Waals surface area contributed by atoms with Crippen molar-refractivity contribution < 1.29 is 9.21 Å². The molecule has 0 atom stereocenters. The lowest BCUT2D eigenvalue weighted by atomic mass is 10.4. The monoisotopic (exact) mass is 221 g/mol. The fourth-order valence-electron chi connectivity index (χ4n) is 1.46. The van der Waals surface area contributed by atoms with Gasteiger partial charge in [0.15, 0.2) is 5.58 Å². The van der Waals surface area contributed by atoms with Crippen molar-refractivity contribution in [2.75, 3.05) is 27.2 Å². The van der Waals surface area contributed by atoms with Gasteiger partial charge >= 0.3 is 0 Å². The number of nitrogens with one attached hydrogen (secondary N) is 2. The maximum Gasteiger partial charge on any atom is 0.267 e. The van der Waals surface area contributed by atoms with Crippen molar-refractivity contribution in [1.82, 2.24) is 15.2 Å². The largest absolute Gasteiger partial charge is 0.463 e. The number of carbonyl (C=O) groups is 1. The molecule has 0 aliphatic rings. The Labute approximate surface area is 93.4 Å². The second-order valence-electron chi connectivity index (χ2n) is 3.94. The number of aromatic nitrogens is 1. The molecule has 86 valence electrons. The molecule has 2 rings (SSSR count). The highest BCUT2D eigenvalue weighted by Crippen LogP contribution is 2.15. The van der Waals surface area contributed by atoms with Crippen molar-refractivity contribution in [3.05, 3.63) is 24.1 Å². The molecule has 0 radical (unpaired) electrons. The summed E-state index contributed by atoms with van der Waals surface area (Å²) in [6, 6.07) is 3.51. The summed E-state index contributed by atoms with van der Waals surface area (Å²) in [5.41, 5.74) is 2.09. The Morgan fingerprint density at radius 2 is 2.38 bits per heavy atom. The van der Waals surface area contributed by atoms with Crippen LogP contribution in [0, 0.1) is 0 Å². The molecule has 2 aromatic rings. The van der Waals surface area contributed by atoms with E-state index in [1.807, 2.05) is 19.0 Å². The lowest BCUT2D eigenvalue weighted by molar-refractivity contribution is 0.0947. The van der Waals surface area contributed by atoms with Crippen molar-refractivity contribution in [2.45, 2.75) is 0 Å². The minimum absolute atomic E-state index is 0.103. The summed E-state index contributed by atoms with van der Waals surface area (Å²) in [7, 11) is 3.93. The number of H-pyrrole nitrogens is 1. The van der Waals surface area contributed by atoms with E-state index in [2.05, 4.69) is 10.3 Å². The summed E-state index contributed by atoms with van der Waals surface area (Å²) in [6.45, 7) is 1.45. The van der Waals surface area contributed by atoms with Crippen LogP contribution in [0.25, 0.3) is 11.1 Å². The quantitative estimate of drug-likeness (QED) is 0.811. The van der Waals surface area contributed by atoms with Gasteiger partial charge in [0.1, 0.15) is 5.69 Å². The zero-order chi connectivity index (χ0) is 11.5. The van der Waals surface area contributed by atoms with Crippen LogP contribution in [0.15, 0.2) is 22.8 Å². The fraction of sp³-hybridized carbons (Fsp3) is 0.364. The number of amides is 1. The number of fused-ring (bicyclic) bond motifs is 1. The number of hydrogen-bond donors (Lipinski definition) is 2. The smallest absolute Gasteiger partial charge is 0.267 e. The molecular weight excluding hydrogens is 206 g/mol. The van der Waals surface area contributed by atoms with Crippen LogP contribution in [-0.2, 0) is 0 Å². The summed E-state index contributed by atoms with van der Waals surface area (Å²) in [5.74, 6) is -0.103. The Morgan fingerprint density at radius 3 is 3.06 bits per heavy atom.